The second kappa shape index (κ2) is 7.66. The van der Waals surface area contributed by atoms with E-state index in [9.17, 15) is 21.6 Å². The molecule has 1 aromatic heterocycles. The fourth-order valence-corrected chi connectivity index (χ4v) is 5.08. The van der Waals surface area contributed by atoms with Crippen molar-refractivity contribution in [2.24, 2.45) is 0 Å². The smallest absolute Gasteiger partial charge is 0.398 e. The van der Waals surface area contributed by atoms with Crippen molar-refractivity contribution in [2.45, 2.75) is 37.4 Å². The van der Waals surface area contributed by atoms with Gasteiger partial charge in [0.05, 0.1) is 16.8 Å². The van der Waals surface area contributed by atoms with E-state index in [0.29, 0.717) is 16.5 Å². The Kier molecular flexibility index (Phi) is 5.54. The van der Waals surface area contributed by atoms with Crippen LogP contribution in [-0.2, 0) is 16.4 Å². The number of nitrogens with one attached hydrogen (secondary N) is 2. The first-order valence-electron chi connectivity index (χ1n) is 8.89. The quantitative estimate of drug-likeness (QED) is 0.530. The minimum absolute atomic E-state index is 0.119. The first kappa shape index (κ1) is 21.7. The molecule has 0 bridgehead atoms. The molecule has 0 amide bonds. The maximum absolute atomic E-state index is 13.7. The fraction of sp³-hybridized carbons (Fsp3) is 0.250. The molecule has 0 spiro atoms. The molecule has 4 N–H and O–H groups in total. The van der Waals surface area contributed by atoms with Crippen molar-refractivity contribution in [2.75, 3.05) is 5.73 Å². The predicted octanol–water partition coefficient (Wildman–Crippen LogP) is 3.69. The van der Waals surface area contributed by atoms with Crippen molar-refractivity contribution >= 4 is 26.6 Å². The van der Waals surface area contributed by atoms with E-state index in [1.54, 1.807) is 23.8 Å². The standard InChI is InChI=1S/C20H19F3N4O2S/c1-11-6-12(2)19(16(25)7-11)30(28,29)27-17(20(21,22)23)8-14-10-26-18-13(9-24)4-3-5-15(14)18/h3-7,10,17,26-27H,8,25H2,1-2H3. The molecule has 6 nitrogen and oxygen atoms in total. The molecule has 0 aliphatic rings. The van der Waals surface area contributed by atoms with Crippen molar-refractivity contribution in [3.63, 3.8) is 0 Å². The second-order valence-corrected chi connectivity index (χ2v) is 8.72. The number of nitriles is 1. The lowest BCUT2D eigenvalue weighted by molar-refractivity contribution is -0.150. The summed E-state index contributed by atoms with van der Waals surface area (Å²) < 4.78 is 68.6. The number of aryl methyl sites for hydroxylation is 2. The van der Waals surface area contributed by atoms with Gasteiger partial charge in [-0.3, -0.25) is 0 Å². The lowest BCUT2D eigenvalue weighted by atomic mass is 10.0. The first-order valence-corrected chi connectivity index (χ1v) is 10.4. The molecular formula is C20H19F3N4O2S. The number of aromatic amines is 1. The van der Waals surface area contributed by atoms with Crippen LogP contribution in [0.25, 0.3) is 10.9 Å². The average Bonchev–Trinajstić information content (AvgIpc) is 3.02. The lowest BCUT2D eigenvalue weighted by Gasteiger charge is -2.22. The Morgan fingerprint density at radius 2 is 1.97 bits per heavy atom. The lowest BCUT2D eigenvalue weighted by Crippen LogP contribution is -2.47. The third-order valence-corrected chi connectivity index (χ3v) is 6.44. The van der Waals surface area contributed by atoms with Gasteiger partial charge in [-0.1, -0.05) is 18.2 Å². The number of fused-ring (bicyclic) bond motifs is 1. The molecular weight excluding hydrogens is 417 g/mol. The van der Waals surface area contributed by atoms with E-state index >= 15 is 0 Å². The van der Waals surface area contributed by atoms with Crippen LogP contribution >= 0.6 is 0 Å². The number of benzene rings is 2. The summed E-state index contributed by atoms with van der Waals surface area (Å²) in [6, 6.07) is 7.19. The molecule has 1 atom stereocenters. The van der Waals surface area contributed by atoms with Crippen molar-refractivity contribution in [1.82, 2.24) is 9.71 Å². The Bertz CT molecular complexity index is 1230. The highest BCUT2D eigenvalue weighted by molar-refractivity contribution is 7.89. The molecule has 30 heavy (non-hydrogen) atoms. The Morgan fingerprint density at radius 1 is 1.27 bits per heavy atom. The average molecular weight is 436 g/mol. The molecule has 0 fully saturated rings. The number of sulfonamides is 1. The van der Waals surface area contributed by atoms with E-state index < -0.39 is 28.7 Å². The van der Waals surface area contributed by atoms with Gasteiger partial charge in [-0.05, 0) is 49.1 Å². The van der Waals surface area contributed by atoms with Crippen LogP contribution in [-0.4, -0.2) is 25.6 Å². The summed E-state index contributed by atoms with van der Waals surface area (Å²) in [7, 11) is -4.55. The zero-order valence-corrected chi connectivity index (χ0v) is 16.9. The summed E-state index contributed by atoms with van der Waals surface area (Å²) in [5, 5.41) is 9.58. The van der Waals surface area contributed by atoms with Crippen LogP contribution in [0.3, 0.4) is 0 Å². The molecule has 1 unspecified atom stereocenters. The number of anilines is 1. The van der Waals surface area contributed by atoms with Crippen LogP contribution in [0.4, 0.5) is 18.9 Å². The van der Waals surface area contributed by atoms with Crippen molar-refractivity contribution in [3.05, 3.63) is 58.8 Å². The van der Waals surface area contributed by atoms with Gasteiger partial charge in [0.2, 0.25) is 10.0 Å². The predicted molar refractivity (Wildman–Crippen MR) is 107 cm³/mol. The number of nitrogen functional groups attached to an aromatic ring is 1. The number of nitrogens with zero attached hydrogens (tertiary/aromatic N) is 1. The summed E-state index contributed by atoms with van der Waals surface area (Å²) in [5.41, 5.74) is 7.55. The number of halogens is 3. The van der Waals surface area contributed by atoms with Crippen LogP contribution in [0.2, 0.25) is 0 Å². The SMILES string of the molecule is Cc1cc(C)c(S(=O)(=O)NC(Cc2c[nH]c3c(C#N)cccc23)C(F)(F)F)c(N)c1. The van der Waals surface area contributed by atoms with Crippen LogP contribution in [0, 0.1) is 25.2 Å². The van der Waals surface area contributed by atoms with Crippen LogP contribution in [0.1, 0.15) is 22.3 Å². The highest BCUT2D eigenvalue weighted by Gasteiger charge is 2.43. The topological polar surface area (TPSA) is 112 Å². The number of para-hydroxylation sites is 1. The minimum Gasteiger partial charge on any atom is -0.398 e. The molecule has 0 saturated carbocycles. The van der Waals surface area contributed by atoms with Gasteiger partial charge in [0.15, 0.2) is 0 Å². The summed E-state index contributed by atoms with van der Waals surface area (Å²) >= 11 is 0. The summed E-state index contributed by atoms with van der Waals surface area (Å²) in [4.78, 5) is 2.43. The Morgan fingerprint density at radius 3 is 2.57 bits per heavy atom. The van der Waals surface area contributed by atoms with E-state index in [4.69, 9.17) is 11.0 Å². The first-order chi connectivity index (χ1) is 13.9. The molecule has 2 aromatic carbocycles. The Labute approximate surface area is 171 Å². The molecule has 0 radical (unpaired) electrons. The largest absolute Gasteiger partial charge is 0.405 e. The van der Waals surface area contributed by atoms with Crippen molar-refractivity contribution in [3.8, 4) is 6.07 Å². The number of H-pyrrole nitrogens is 1. The summed E-state index contributed by atoms with van der Waals surface area (Å²) in [6.45, 7) is 3.18. The fourth-order valence-electron chi connectivity index (χ4n) is 3.52. The monoisotopic (exact) mass is 436 g/mol. The van der Waals surface area contributed by atoms with E-state index in [-0.39, 0.29) is 27.3 Å². The number of aromatic nitrogens is 1. The number of hydrogen-bond donors (Lipinski definition) is 3. The van der Waals surface area contributed by atoms with Gasteiger partial charge in [-0.25, -0.2) is 8.42 Å². The van der Waals surface area contributed by atoms with Gasteiger partial charge >= 0.3 is 6.18 Å². The molecule has 0 saturated heterocycles. The normalized spacial score (nSPS) is 13.3. The molecule has 158 valence electrons. The molecule has 1 heterocycles. The Balaban J connectivity index is 2.00. The van der Waals surface area contributed by atoms with Gasteiger partial charge in [-0.15, -0.1) is 0 Å². The van der Waals surface area contributed by atoms with E-state index in [2.05, 4.69) is 4.98 Å². The van der Waals surface area contributed by atoms with Crippen LogP contribution in [0.15, 0.2) is 41.4 Å². The van der Waals surface area contributed by atoms with Gasteiger partial charge < -0.3 is 10.7 Å². The summed E-state index contributed by atoms with van der Waals surface area (Å²) in [5.74, 6) is 0. The van der Waals surface area contributed by atoms with Crippen molar-refractivity contribution in [1.29, 1.82) is 5.26 Å². The van der Waals surface area contributed by atoms with E-state index in [1.807, 2.05) is 6.07 Å². The molecule has 0 aliphatic carbocycles. The number of rotatable bonds is 5. The molecule has 0 aliphatic heterocycles. The molecule has 3 aromatic rings. The van der Waals surface area contributed by atoms with E-state index in [0.717, 1.165) is 0 Å². The maximum atomic E-state index is 13.7. The number of nitrogens with two attached hydrogens (primary N) is 1. The second-order valence-electron chi connectivity index (χ2n) is 7.07. The van der Waals surface area contributed by atoms with Crippen LogP contribution < -0.4 is 10.5 Å². The zero-order chi connectivity index (χ0) is 22.3. The van der Waals surface area contributed by atoms with Gasteiger partial charge in [0.1, 0.15) is 17.0 Å². The highest BCUT2D eigenvalue weighted by Crippen LogP contribution is 2.30. The van der Waals surface area contributed by atoms with Crippen molar-refractivity contribution < 1.29 is 21.6 Å². The third-order valence-electron chi connectivity index (χ3n) is 4.75. The molecule has 3 rings (SSSR count). The molecule has 10 heteroatoms. The zero-order valence-electron chi connectivity index (χ0n) is 16.1. The van der Waals surface area contributed by atoms with Gasteiger partial charge in [-0.2, -0.15) is 23.2 Å². The highest BCUT2D eigenvalue weighted by atomic mass is 32.2. The number of alkyl halides is 3. The van der Waals surface area contributed by atoms with Gasteiger partial charge in [0.25, 0.3) is 0 Å². The van der Waals surface area contributed by atoms with E-state index in [1.165, 1.54) is 31.3 Å². The number of hydrogen-bond acceptors (Lipinski definition) is 4. The summed E-state index contributed by atoms with van der Waals surface area (Å²) in [6.07, 6.45) is -4.15. The van der Waals surface area contributed by atoms with Crippen LogP contribution in [0.5, 0.6) is 0 Å². The maximum Gasteiger partial charge on any atom is 0.405 e. The Hall–Kier alpha value is -3.03. The van der Waals surface area contributed by atoms with Gasteiger partial charge in [0, 0.05) is 11.6 Å². The third kappa shape index (κ3) is 4.13. The minimum atomic E-state index is -4.85.